The zero-order valence-electron chi connectivity index (χ0n) is 16.6. The Morgan fingerprint density at radius 1 is 1.24 bits per heavy atom. The summed E-state index contributed by atoms with van der Waals surface area (Å²) in [6.07, 6.45) is 4.04. The second kappa shape index (κ2) is 9.11. The van der Waals surface area contributed by atoms with Gasteiger partial charge in [0.05, 0.1) is 20.3 Å². The number of nitrogens with zero attached hydrogens (tertiary/aromatic N) is 6. The van der Waals surface area contributed by atoms with Crippen LogP contribution in [0.25, 0.3) is 11.5 Å². The van der Waals surface area contributed by atoms with E-state index in [0.717, 1.165) is 56.0 Å². The van der Waals surface area contributed by atoms with E-state index in [2.05, 4.69) is 31.4 Å². The van der Waals surface area contributed by atoms with Crippen molar-refractivity contribution in [1.29, 1.82) is 0 Å². The standard InChI is InChI=1S/C21H26N6O2/c1-29-20-8-7-16(11-18(20)15-28)12-26-10-4-5-17(13-26)14-27-24-21(23-25-27)19-6-2-3-9-22-19/h2-3,6-9,11,17,28H,4-5,10,12-15H2,1H3/t17-/m1/s1. The maximum Gasteiger partial charge on any atom is 0.223 e. The van der Waals surface area contributed by atoms with Crippen LogP contribution in [0.1, 0.15) is 24.0 Å². The molecule has 1 aliphatic heterocycles. The van der Waals surface area contributed by atoms with Crippen LogP contribution in [-0.2, 0) is 19.7 Å². The van der Waals surface area contributed by atoms with E-state index in [1.165, 1.54) is 5.56 Å². The van der Waals surface area contributed by atoms with Crippen molar-refractivity contribution < 1.29 is 9.84 Å². The molecule has 3 aromatic rings. The van der Waals surface area contributed by atoms with Gasteiger partial charge >= 0.3 is 0 Å². The molecule has 1 aromatic carbocycles. The quantitative estimate of drug-likeness (QED) is 0.657. The number of piperidine rings is 1. The van der Waals surface area contributed by atoms with Crippen molar-refractivity contribution in [3.63, 3.8) is 0 Å². The first kappa shape index (κ1) is 19.5. The number of methoxy groups -OCH3 is 1. The van der Waals surface area contributed by atoms with Gasteiger partial charge in [-0.3, -0.25) is 9.88 Å². The van der Waals surface area contributed by atoms with Crippen LogP contribution in [-0.4, -0.2) is 55.4 Å². The van der Waals surface area contributed by atoms with E-state index in [9.17, 15) is 5.11 Å². The van der Waals surface area contributed by atoms with Crippen LogP contribution < -0.4 is 4.74 Å². The number of hydrogen-bond acceptors (Lipinski definition) is 7. The summed E-state index contributed by atoms with van der Waals surface area (Å²) in [4.78, 5) is 8.42. The van der Waals surface area contributed by atoms with E-state index in [4.69, 9.17) is 4.74 Å². The average Bonchev–Trinajstić information content (AvgIpc) is 3.23. The molecular formula is C21H26N6O2. The van der Waals surface area contributed by atoms with Crippen molar-refractivity contribution in [2.75, 3.05) is 20.2 Å². The Balaban J connectivity index is 1.37. The molecule has 1 N–H and O–H groups in total. The predicted octanol–water partition coefficient (Wildman–Crippen LogP) is 2.15. The first-order chi connectivity index (χ1) is 14.2. The molecule has 0 bridgehead atoms. The number of hydrogen-bond donors (Lipinski definition) is 1. The monoisotopic (exact) mass is 394 g/mol. The maximum absolute atomic E-state index is 9.55. The van der Waals surface area contributed by atoms with Crippen LogP contribution in [0.3, 0.4) is 0 Å². The van der Waals surface area contributed by atoms with E-state index in [1.807, 2.05) is 30.3 Å². The zero-order chi connectivity index (χ0) is 20.1. The fraction of sp³-hybridized carbons (Fsp3) is 0.429. The van der Waals surface area contributed by atoms with Crippen molar-refractivity contribution in [3.05, 3.63) is 53.7 Å². The van der Waals surface area contributed by atoms with Gasteiger partial charge in [-0.05, 0) is 60.3 Å². The molecule has 29 heavy (non-hydrogen) atoms. The number of likely N-dealkylation sites (tertiary alicyclic amines) is 1. The van der Waals surface area contributed by atoms with E-state index >= 15 is 0 Å². The molecule has 0 aliphatic carbocycles. The van der Waals surface area contributed by atoms with Crippen LogP contribution >= 0.6 is 0 Å². The molecule has 1 saturated heterocycles. The summed E-state index contributed by atoms with van der Waals surface area (Å²) in [6, 6.07) is 11.7. The van der Waals surface area contributed by atoms with Gasteiger partial charge in [0.25, 0.3) is 0 Å². The lowest BCUT2D eigenvalue weighted by atomic mass is 9.97. The highest BCUT2D eigenvalue weighted by atomic mass is 16.5. The van der Waals surface area contributed by atoms with Crippen molar-refractivity contribution in [1.82, 2.24) is 30.1 Å². The Morgan fingerprint density at radius 3 is 2.97 bits per heavy atom. The fourth-order valence-corrected chi connectivity index (χ4v) is 3.91. The summed E-state index contributed by atoms with van der Waals surface area (Å²) in [6.45, 7) is 3.65. The highest BCUT2D eigenvalue weighted by Gasteiger charge is 2.22. The number of aliphatic hydroxyl groups is 1. The Labute approximate surface area is 170 Å². The van der Waals surface area contributed by atoms with Crippen molar-refractivity contribution in [2.45, 2.75) is 32.5 Å². The van der Waals surface area contributed by atoms with Crippen molar-refractivity contribution >= 4 is 0 Å². The summed E-state index contributed by atoms with van der Waals surface area (Å²) < 4.78 is 5.30. The van der Waals surface area contributed by atoms with E-state index in [1.54, 1.807) is 18.1 Å². The molecule has 1 aliphatic rings. The second-order valence-electron chi connectivity index (χ2n) is 7.43. The Kier molecular flexibility index (Phi) is 6.12. The normalized spacial score (nSPS) is 17.4. The lowest BCUT2D eigenvalue weighted by Gasteiger charge is -2.32. The van der Waals surface area contributed by atoms with Gasteiger partial charge in [0, 0.05) is 24.8 Å². The van der Waals surface area contributed by atoms with E-state index in [-0.39, 0.29) is 6.61 Å². The molecule has 0 radical (unpaired) electrons. The van der Waals surface area contributed by atoms with Gasteiger partial charge in [0.15, 0.2) is 0 Å². The summed E-state index contributed by atoms with van der Waals surface area (Å²) in [7, 11) is 1.63. The Bertz CT molecular complexity index is 930. The number of ether oxygens (including phenoxy) is 1. The summed E-state index contributed by atoms with van der Waals surface area (Å²) >= 11 is 0. The number of aromatic nitrogens is 5. The van der Waals surface area contributed by atoms with Gasteiger partial charge < -0.3 is 9.84 Å². The number of tetrazole rings is 1. The van der Waals surface area contributed by atoms with Gasteiger partial charge in [-0.25, -0.2) is 0 Å². The number of rotatable bonds is 7. The average molecular weight is 394 g/mol. The first-order valence-corrected chi connectivity index (χ1v) is 9.93. The second-order valence-corrected chi connectivity index (χ2v) is 7.43. The molecule has 8 heteroatoms. The van der Waals surface area contributed by atoms with Gasteiger partial charge in [-0.15, -0.1) is 10.2 Å². The molecule has 1 atom stereocenters. The topological polar surface area (TPSA) is 89.2 Å². The molecule has 2 aromatic heterocycles. The third-order valence-corrected chi connectivity index (χ3v) is 5.29. The van der Waals surface area contributed by atoms with Gasteiger partial charge in [0.1, 0.15) is 11.4 Å². The van der Waals surface area contributed by atoms with E-state index in [0.29, 0.717) is 11.7 Å². The minimum absolute atomic E-state index is 0.0176. The van der Waals surface area contributed by atoms with Gasteiger partial charge in [0.2, 0.25) is 5.82 Å². The highest BCUT2D eigenvalue weighted by Crippen LogP contribution is 2.23. The van der Waals surface area contributed by atoms with Crippen LogP contribution in [0.15, 0.2) is 42.6 Å². The smallest absolute Gasteiger partial charge is 0.223 e. The number of aliphatic hydroxyl groups excluding tert-OH is 1. The number of pyridine rings is 1. The number of benzene rings is 1. The molecule has 1 fully saturated rings. The summed E-state index contributed by atoms with van der Waals surface area (Å²) in [5, 5.41) is 22.4. The fourth-order valence-electron chi connectivity index (χ4n) is 3.91. The molecule has 0 amide bonds. The summed E-state index contributed by atoms with van der Waals surface area (Å²) in [5.74, 6) is 1.77. The predicted molar refractivity (Wildman–Crippen MR) is 108 cm³/mol. The highest BCUT2D eigenvalue weighted by molar-refractivity contribution is 5.46. The zero-order valence-corrected chi connectivity index (χ0v) is 16.6. The van der Waals surface area contributed by atoms with E-state index < -0.39 is 0 Å². The van der Waals surface area contributed by atoms with Gasteiger partial charge in [-0.1, -0.05) is 12.1 Å². The third-order valence-electron chi connectivity index (χ3n) is 5.29. The molecule has 152 valence electrons. The lowest BCUT2D eigenvalue weighted by Crippen LogP contribution is -2.36. The van der Waals surface area contributed by atoms with Crippen LogP contribution in [0.5, 0.6) is 5.75 Å². The van der Waals surface area contributed by atoms with Crippen LogP contribution in [0.2, 0.25) is 0 Å². The maximum atomic E-state index is 9.55. The van der Waals surface area contributed by atoms with Crippen LogP contribution in [0.4, 0.5) is 0 Å². The summed E-state index contributed by atoms with van der Waals surface area (Å²) in [5.41, 5.74) is 2.75. The van der Waals surface area contributed by atoms with Crippen molar-refractivity contribution in [2.24, 2.45) is 5.92 Å². The minimum atomic E-state index is -0.0176. The molecule has 4 rings (SSSR count). The minimum Gasteiger partial charge on any atom is -0.496 e. The third kappa shape index (κ3) is 4.78. The Morgan fingerprint density at radius 2 is 2.17 bits per heavy atom. The largest absolute Gasteiger partial charge is 0.496 e. The SMILES string of the molecule is COc1ccc(CN2CCC[C@@H](Cn3nnc(-c4ccccn4)n3)C2)cc1CO. The first-order valence-electron chi connectivity index (χ1n) is 9.93. The Hall–Kier alpha value is -2.84. The van der Waals surface area contributed by atoms with Gasteiger partial charge in [-0.2, -0.15) is 4.80 Å². The molecule has 0 spiro atoms. The molecule has 0 saturated carbocycles. The molecule has 0 unspecified atom stereocenters. The lowest BCUT2D eigenvalue weighted by molar-refractivity contribution is 0.149. The van der Waals surface area contributed by atoms with Crippen LogP contribution in [0, 0.1) is 5.92 Å². The molecule has 3 heterocycles. The molecule has 8 nitrogen and oxygen atoms in total. The van der Waals surface area contributed by atoms with Crippen molar-refractivity contribution in [3.8, 4) is 17.3 Å². The molecular weight excluding hydrogens is 368 g/mol.